The van der Waals surface area contributed by atoms with Gasteiger partial charge in [-0.05, 0) is 42.0 Å². The van der Waals surface area contributed by atoms with Crippen LogP contribution in [0.3, 0.4) is 0 Å². The Kier molecular flexibility index (Phi) is 5.12. The number of pyridine rings is 1. The van der Waals surface area contributed by atoms with Gasteiger partial charge in [0.05, 0.1) is 16.1 Å². The second-order valence-electron chi connectivity index (χ2n) is 6.93. The number of para-hydroxylation sites is 1. The van der Waals surface area contributed by atoms with Crippen LogP contribution in [0.4, 0.5) is 28.0 Å². The number of imide groups is 1. The monoisotopic (exact) mass is 467 g/mol. The van der Waals surface area contributed by atoms with E-state index in [0.717, 1.165) is 28.0 Å². The smallest absolute Gasteiger partial charge is 0.310 e. The van der Waals surface area contributed by atoms with Crippen molar-refractivity contribution in [2.45, 2.75) is 16.9 Å². The zero-order valence-electron chi connectivity index (χ0n) is 16.0. The Balaban J connectivity index is 1.61. The lowest BCUT2D eigenvalue weighted by molar-refractivity contribution is -0.116. The standard InChI is InChI=1S/C20H13F4N3O4S/c21-17-9-12(15-3-1-2-4-16(15)25-17)10-26-11-18(28)27(19(26)29)13-5-7-14(8-6-13)32(30,31)20(22,23)24/h1-9H,10-11H2. The average molecular weight is 467 g/mol. The van der Waals surface area contributed by atoms with Crippen LogP contribution < -0.4 is 4.90 Å². The van der Waals surface area contributed by atoms with E-state index >= 15 is 0 Å². The van der Waals surface area contributed by atoms with Crippen molar-refractivity contribution in [1.29, 1.82) is 0 Å². The highest BCUT2D eigenvalue weighted by molar-refractivity contribution is 7.92. The maximum Gasteiger partial charge on any atom is 0.501 e. The summed E-state index contributed by atoms with van der Waals surface area (Å²) in [6.45, 7) is -0.457. The number of hydrogen-bond acceptors (Lipinski definition) is 5. The number of alkyl halides is 3. The number of sulfone groups is 1. The highest BCUT2D eigenvalue weighted by atomic mass is 32.2. The fourth-order valence-corrected chi connectivity index (χ4v) is 4.15. The molecule has 1 saturated heterocycles. The van der Waals surface area contributed by atoms with Crippen molar-refractivity contribution in [2.75, 3.05) is 11.4 Å². The molecule has 0 aliphatic carbocycles. The molecule has 0 radical (unpaired) electrons. The number of carbonyl (C=O) groups is 2. The quantitative estimate of drug-likeness (QED) is 0.332. The summed E-state index contributed by atoms with van der Waals surface area (Å²) in [4.78, 5) is 29.9. The number of benzene rings is 2. The minimum atomic E-state index is -5.56. The molecule has 2 heterocycles. The predicted octanol–water partition coefficient (Wildman–Crippen LogP) is 3.64. The molecule has 0 saturated carbocycles. The molecule has 4 rings (SSSR count). The molecule has 7 nitrogen and oxygen atoms in total. The number of aromatic nitrogens is 1. The molecular formula is C20H13F4N3O4S. The maximum absolute atomic E-state index is 13.9. The van der Waals surface area contributed by atoms with Crippen LogP contribution in [0.15, 0.2) is 59.5 Å². The van der Waals surface area contributed by atoms with Crippen LogP contribution in [-0.4, -0.2) is 42.3 Å². The molecule has 0 N–H and O–H groups in total. The molecule has 0 spiro atoms. The van der Waals surface area contributed by atoms with Crippen LogP contribution in [0.1, 0.15) is 5.56 Å². The van der Waals surface area contributed by atoms with E-state index in [-0.39, 0.29) is 18.8 Å². The SMILES string of the molecule is O=C1CN(Cc2cc(F)nc3ccccc23)C(=O)N1c1ccc(S(=O)(=O)C(F)(F)F)cc1. The number of rotatable bonds is 4. The van der Waals surface area contributed by atoms with Gasteiger partial charge in [-0.3, -0.25) is 4.79 Å². The largest absolute Gasteiger partial charge is 0.501 e. The number of nitrogens with zero attached hydrogens (tertiary/aromatic N) is 3. The molecule has 1 fully saturated rings. The summed E-state index contributed by atoms with van der Waals surface area (Å²) < 4.78 is 75.0. The molecule has 1 aliphatic heterocycles. The minimum Gasteiger partial charge on any atom is -0.310 e. The molecule has 2 aromatic carbocycles. The van der Waals surface area contributed by atoms with E-state index in [9.17, 15) is 35.6 Å². The van der Waals surface area contributed by atoms with Gasteiger partial charge in [-0.2, -0.15) is 17.6 Å². The Morgan fingerprint density at radius 1 is 1.00 bits per heavy atom. The van der Waals surface area contributed by atoms with Gasteiger partial charge in [-0.15, -0.1) is 0 Å². The van der Waals surface area contributed by atoms with Gasteiger partial charge in [0.1, 0.15) is 6.54 Å². The van der Waals surface area contributed by atoms with Crippen molar-refractivity contribution < 1.29 is 35.6 Å². The van der Waals surface area contributed by atoms with Gasteiger partial charge in [0.2, 0.25) is 5.95 Å². The molecular weight excluding hydrogens is 454 g/mol. The summed E-state index contributed by atoms with van der Waals surface area (Å²) in [6.07, 6.45) is 0. The van der Waals surface area contributed by atoms with Crippen molar-refractivity contribution in [3.05, 3.63) is 66.1 Å². The normalized spacial score (nSPS) is 15.1. The van der Waals surface area contributed by atoms with E-state index in [0.29, 0.717) is 28.6 Å². The lowest BCUT2D eigenvalue weighted by Crippen LogP contribution is -2.33. The lowest BCUT2D eigenvalue weighted by atomic mass is 10.1. The van der Waals surface area contributed by atoms with Crippen LogP contribution in [0.2, 0.25) is 0 Å². The third kappa shape index (κ3) is 3.66. The Labute approximate surface area is 178 Å². The van der Waals surface area contributed by atoms with Gasteiger partial charge in [0, 0.05) is 11.9 Å². The number of carbonyl (C=O) groups excluding carboxylic acids is 2. The number of amides is 3. The van der Waals surface area contributed by atoms with Gasteiger partial charge < -0.3 is 4.90 Å². The third-order valence-electron chi connectivity index (χ3n) is 4.88. The van der Waals surface area contributed by atoms with E-state index in [1.165, 1.54) is 0 Å². The zero-order chi connectivity index (χ0) is 23.3. The molecule has 166 valence electrons. The first-order valence-corrected chi connectivity index (χ1v) is 10.5. The second kappa shape index (κ2) is 7.55. The molecule has 1 aromatic heterocycles. The lowest BCUT2D eigenvalue weighted by Gasteiger charge is -2.18. The first kappa shape index (κ1) is 21.7. The molecule has 0 atom stereocenters. The fourth-order valence-electron chi connectivity index (χ4n) is 3.38. The summed E-state index contributed by atoms with van der Waals surface area (Å²) >= 11 is 0. The topological polar surface area (TPSA) is 87.7 Å². The molecule has 3 aromatic rings. The number of fused-ring (bicyclic) bond motifs is 1. The highest BCUT2D eigenvalue weighted by Gasteiger charge is 2.47. The zero-order valence-corrected chi connectivity index (χ0v) is 16.8. The van der Waals surface area contributed by atoms with E-state index < -0.39 is 38.1 Å². The molecule has 3 amide bonds. The first-order chi connectivity index (χ1) is 15.0. The summed E-state index contributed by atoms with van der Waals surface area (Å²) in [5, 5.41) is 0.592. The molecule has 0 bridgehead atoms. The van der Waals surface area contributed by atoms with Crippen LogP contribution in [-0.2, 0) is 21.2 Å². The van der Waals surface area contributed by atoms with E-state index in [1.807, 2.05) is 0 Å². The van der Waals surface area contributed by atoms with E-state index in [4.69, 9.17) is 0 Å². The maximum atomic E-state index is 13.9. The molecule has 12 heteroatoms. The minimum absolute atomic E-state index is 0.0885. The van der Waals surface area contributed by atoms with Gasteiger partial charge in [0.25, 0.3) is 15.7 Å². The number of urea groups is 1. The number of hydrogen-bond donors (Lipinski definition) is 0. The Morgan fingerprint density at radius 2 is 1.66 bits per heavy atom. The summed E-state index contributed by atoms with van der Waals surface area (Å²) in [5.41, 5.74) is -4.77. The van der Waals surface area contributed by atoms with Crippen molar-refractivity contribution in [2.24, 2.45) is 0 Å². The summed E-state index contributed by atoms with van der Waals surface area (Å²) in [6, 6.07) is 10.3. The Hall–Kier alpha value is -3.54. The third-order valence-corrected chi connectivity index (χ3v) is 6.38. The summed E-state index contributed by atoms with van der Waals surface area (Å²) in [5.74, 6) is -1.42. The Bertz CT molecular complexity index is 1340. The fraction of sp³-hybridized carbons (Fsp3) is 0.150. The number of anilines is 1. The van der Waals surface area contributed by atoms with Gasteiger partial charge in [-0.25, -0.2) is 23.1 Å². The number of halogens is 4. The Morgan fingerprint density at radius 3 is 2.31 bits per heavy atom. The van der Waals surface area contributed by atoms with Crippen LogP contribution >= 0.6 is 0 Å². The van der Waals surface area contributed by atoms with Crippen LogP contribution in [0, 0.1) is 5.95 Å². The molecule has 32 heavy (non-hydrogen) atoms. The second-order valence-corrected chi connectivity index (χ2v) is 8.87. The molecule has 1 aliphatic rings. The van der Waals surface area contributed by atoms with Crippen molar-refractivity contribution in [3.63, 3.8) is 0 Å². The van der Waals surface area contributed by atoms with E-state index in [1.54, 1.807) is 24.3 Å². The van der Waals surface area contributed by atoms with Gasteiger partial charge in [0.15, 0.2) is 0 Å². The predicted molar refractivity (Wildman–Crippen MR) is 105 cm³/mol. The van der Waals surface area contributed by atoms with Gasteiger partial charge >= 0.3 is 11.5 Å². The van der Waals surface area contributed by atoms with Crippen LogP contribution in [0.25, 0.3) is 10.9 Å². The van der Waals surface area contributed by atoms with Crippen LogP contribution in [0.5, 0.6) is 0 Å². The highest BCUT2D eigenvalue weighted by Crippen LogP contribution is 2.32. The average Bonchev–Trinajstić information content (AvgIpc) is 3.00. The van der Waals surface area contributed by atoms with Crippen molar-refractivity contribution in [1.82, 2.24) is 9.88 Å². The van der Waals surface area contributed by atoms with Gasteiger partial charge in [-0.1, -0.05) is 18.2 Å². The van der Waals surface area contributed by atoms with Crippen molar-refractivity contribution in [3.8, 4) is 0 Å². The van der Waals surface area contributed by atoms with E-state index in [2.05, 4.69) is 4.98 Å². The molecule has 0 unspecified atom stereocenters. The first-order valence-electron chi connectivity index (χ1n) is 9.06. The summed E-state index contributed by atoms with van der Waals surface area (Å²) in [7, 11) is -5.56. The van der Waals surface area contributed by atoms with Crippen molar-refractivity contribution >= 4 is 38.4 Å².